The molecule has 0 radical (unpaired) electrons. The van der Waals surface area contributed by atoms with Gasteiger partial charge in [-0.05, 0) is 20.0 Å². The number of hydrogen-bond donors (Lipinski definition) is 2. The number of carboxylic acid groups (broad SMARTS) is 1. The topological polar surface area (TPSA) is 82.8 Å². The summed E-state index contributed by atoms with van der Waals surface area (Å²) in [5.74, 6) is -0.163. The Morgan fingerprint density at radius 1 is 1.53 bits per heavy atom. The Kier molecular flexibility index (Phi) is 5.11. The standard InChI is InChI=1S/C13H20N2O4/c1-8(12(16)14-3)6-15(4)7-10-5-11(13(17)18)9(2)19-10/h5,8H,6-7H2,1-4H3,(H,14,16)(H,17,18). The van der Waals surface area contributed by atoms with Crippen LogP contribution in [0.5, 0.6) is 0 Å². The number of carbonyl (C=O) groups excluding carboxylic acids is 1. The summed E-state index contributed by atoms with van der Waals surface area (Å²) in [5, 5.41) is 11.5. The second-order valence-electron chi connectivity index (χ2n) is 4.70. The Morgan fingerprint density at radius 2 is 2.16 bits per heavy atom. The third-order valence-corrected chi connectivity index (χ3v) is 2.90. The molecule has 0 aliphatic heterocycles. The minimum absolute atomic E-state index is 0.0197. The van der Waals surface area contributed by atoms with Crippen molar-refractivity contribution in [3.8, 4) is 0 Å². The molecule has 1 rings (SSSR count). The van der Waals surface area contributed by atoms with E-state index in [0.717, 1.165) is 0 Å². The van der Waals surface area contributed by atoms with Gasteiger partial charge in [0.25, 0.3) is 0 Å². The number of hydrogen-bond acceptors (Lipinski definition) is 4. The highest BCUT2D eigenvalue weighted by molar-refractivity contribution is 5.88. The molecule has 106 valence electrons. The van der Waals surface area contributed by atoms with Crippen molar-refractivity contribution in [2.45, 2.75) is 20.4 Å². The molecule has 0 fully saturated rings. The Morgan fingerprint density at radius 3 is 2.63 bits per heavy atom. The molecule has 6 heteroatoms. The summed E-state index contributed by atoms with van der Waals surface area (Å²) >= 11 is 0. The van der Waals surface area contributed by atoms with Crippen molar-refractivity contribution in [3.63, 3.8) is 0 Å². The highest BCUT2D eigenvalue weighted by Gasteiger charge is 2.17. The van der Waals surface area contributed by atoms with E-state index >= 15 is 0 Å². The number of nitrogens with zero attached hydrogens (tertiary/aromatic N) is 1. The van der Waals surface area contributed by atoms with Gasteiger partial charge in [-0.3, -0.25) is 9.69 Å². The zero-order valence-electron chi connectivity index (χ0n) is 11.7. The molecule has 2 N–H and O–H groups in total. The lowest BCUT2D eigenvalue weighted by molar-refractivity contribution is -0.124. The summed E-state index contributed by atoms with van der Waals surface area (Å²) in [4.78, 5) is 24.2. The number of furan rings is 1. The van der Waals surface area contributed by atoms with Crippen LogP contribution in [0.1, 0.15) is 28.8 Å². The number of carboxylic acids is 1. The molecule has 1 aromatic heterocycles. The van der Waals surface area contributed by atoms with Crippen molar-refractivity contribution in [2.75, 3.05) is 20.6 Å². The maximum atomic E-state index is 11.4. The van der Waals surface area contributed by atoms with Crippen LogP contribution in [0.3, 0.4) is 0 Å². The summed E-state index contributed by atoms with van der Waals surface area (Å²) in [5.41, 5.74) is 0.183. The molecule has 0 aromatic carbocycles. The van der Waals surface area contributed by atoms with Gasteiger partial charge in [-0.15, -0.1) is 0 Å². The molecule has 1 aromatic rings. The number of aromatic carboxylic acids is 1. The fraction of sp³-hybridized carbons (Fsp3) is 0.538. The highest BCUT2D eigenvalue weighted by atomic mass is 16.4. The van der Waals surface area contributed by atoms with Gasteiger partial charge in [-0.25, -0.2) is 4.79 Å². The summed E-state index contributed by atoms with van der Waals surface area (Å²) in [6.07, 6.45) is 0. The number of nitrogens with one attached hydrogen (secondary N) is 1. The molecule has 1 heterocycles. The first-order valence-electron chi connectivity index (χ1n) is 6.07. The van der Waals surface area contributed by atoms with Crippen LogP contribution < -0.4 is 5.32 Å². The van der Waals surface area contributed by atoms with E-state index < -0.39 is 5.97 Å². The van der Waals surface area contributed by atoms with Crippen LogP contribution in [0.25, 0.3) is 0 Å². The van der Waals surface area contributed by atoms with E-state index in [-0.39, 0.29) is 17.4 Å². The van der Waals surface area contributed by atoms with Crippen molar-refractivity contribution in [3.05, 3.63) is 23.2 Å². The second-order valence-corrected chi connectivity index (χ2v) is 4.70. The predicted octanol–water partition coefficient (Wildman–Crippen LogP) is 1.10. The average Bonchev–Trinajstić information content (AvgIpc) is 2.68. The summed E-state index contributed by atoms with van der Waals surface area (Å²) < 4.78 is 5.39. The van der Waals surface area contributed by atoms with Gasteiger partial charge in [-0.1, -0.05) is 6.92 Å². The van der Waals surface area contributed by atoms with Gasteiger partial charge in [0.05, 0.1) is 6.54 Å². The molecule has 1 amide bonds. The molecular weight excluding hydrogens is 248 g/mol. The van der Waals surface area contributed by atoms with Crippen LogP contribution in [0.2, 0.25) is 0 Å². The number of carbonyl (C=O) groups is 2. The average molecular weight is 268 g/mol. The highest BCUT2D eigenvalue weighted by Crippen LogP contribution is 2.16. The van der Waals surface area contributed by atoms with Gasteiger partial charge in [0, 0.05) is 19.5 Å². The van der Waals surface area contributed by atoms with Gasteiger partial charge >= 0.3 is 5.97 Å². The fourth-order valence-electron chi connectivity index (χ4n) is 1.96. The molecular formula is C13H20N2O4. The Balaban J connectivity index is 2.62. The van der Waals surface area contributed by atoms with Gasteiger partial charge < -0.3 is 14.8 Å². The maximum absolute atomic E-state index is 11.4. The molecule has 6 nitrogen and oxygen atoms in total. The molecule has 0 bridgehead atoms. The lowest BCUT2D eigenvalue weighted by Crippen LogP contribution is -2.34. The minimum atomic E-state index is -0.992. The van der Waals surface area contributed by atoms with E-state index in [1.165, 1.54) is 6.07 Å². The number of rotatable bonds is 6. The molecule has 1 atom stereocenters. The van der Waals surface area contributed by atoms with E-state index in [2.05, 4.69) is 5.32 Å². The number of amides is 1. The maximum Gasteiger partial charge on any atom is 0.339 e. The lowest BCUT2D eigenvalue weighted by atomic mass is 10.1. The quantitative estimate of drug-likeness (QED) is 0.807. The van der Waals surface area contributed by atoms with Crippen molar-refractivity contribution >= 4 is 11.9 Å². The van der Waals surface area contributed by atoms with E-state index in [1.807, 2.05) is 18.9 Å². The zero-order chi connectivity index (χ0) is 14.6. The zero-order valence-corrected chi connectivity index (χ0v) is 11.7. The molecule has 0 saturated heterocycles. The molecule has 0 aliphatic carbocycles. The Labute approximate surface area is 112 Å². The first-order valence-corrected chi connectivity index (χ1v) is 6.07. The normalized spacial score (nSPS) is 12.5. The van der Waals surface area contributed by atoms with Gasteiger partial charge in [0.15, 0.2) is 0 Å². The Hall–Kier alpha value is -1.82. The monoisotopic (exact) mass is 268 g/mol. The van der Waals surface area contributed by atoms with Crippen LogP contribution >= 0.6 is 0 Å². The summed E-state index contributed by atoms with van der Waals surface area (Å²) in [6, 6.07) is 1.53. The van der Waals surface area contributed by atoms with Crippen LogP contribution in [0.4, 0.5) is 0 Å². The second kappa shape index (κ2) is 6.38. The largest absolute Gasteiger partial charge is 0.478 e. The SMILES string of the molecule is CNC(=O)C(C)CN(C)Cc1cc(C(=O)O)c(C)o1. The van der Waals surface area contributed by atoms with Gasteiger partial charge in [0.2, 0.25) is 5.91 Å². The lowest BCUT2D eigenvalue weighted by Gasteiger charge is -2.19. The molecule has 0 aliphatic rings. The van der Waals surface area contributed by atoms with Crippen LogP contribution in [0.15, 0.2) is 10.5 Å². The van der Waals surface area contributed by atoms with Crippen molar-refractivity contribution in [2.24, 2.45) is 5.92 Å². The molecule has 0 spiro atoms. The summed E-state index contributed by atoms with van der Waals surface area (Å²) in [6.45, 7) is 4.50. The summed E-state index contributed by atoms with van der Waals surface area (Å²) in [7, 11) is 3.46. The van der Waals surface area contributed by atoms with Gasteiger partial charge in [0.1, 0.15) is 17.1 Å². The predicted molar refractivity (Wildman–Crippen MR) is 70.0 cm³/mol. The van der Waals surface area contributed by atoms with E-state index in [9.17, 15) is 9.59 Å². The number of aryl methyl sites for hydroxylation is 1. The first-order chi connectivity index (χ1) is 8.85. The Bertz CT molecular complexity index is 467. The van der Waals surface area contributed by atoms with Crippen LogP contribution in [-0.2, 0) is 11.3 Å². The van der Waals surface area contributed by atoms with Crippen molar-refractivity contribution < 1.29 is 19.1 Å². The van der Waals surface area contributed by atoms with E-state index in [4.69, 9.17) is 9.52 Å². The third-order valence-electron chi connectivity index (χ3n) is 2.90. The van der Waals surface area contributed by atoms with Crippen LogP contribution in [-0.4, -0.2) is 42.5 Å². The van der Waals surface area contributed by atoms with Crippen LogP contribution in [0, 0.1) is 12.8 Å². The molecule has 0 saturated carbocycles. The smallest absolute Gasteiger partial charge is 0.339 e. The molecule has 1 unspecified atom stereocenters. The van der Waals surface area contributed by atoms with Crippen molar-refractivity contribution in [1.29, 1.82) is 0 Å². The fourth-order valence-corrected chi connectivity index (χ4v) is 1.96. The van der Waals surface area contributed by atoms with Crippen molar-refractivity contribution in [1.82, 2.24) is 10.2 Å². The van der Waals surface area contributed by atoms with E-state index in [0.29, 0.717) is 24.6 Å². The first kappa shape index (κ1) is 15.2. The molecule has 19 heavy (non-hydrogen) atoms. The van der Waals surface area contributed by atoms with E-state index in [1.54, 1.807) is 14.0 Å². The van der Waals surface area contributed by atoms with Gasteiger partial charge in [-0.2, -0.15) is 0 Å². The minimum Gasteiger partial charge on any atom is -0.478 e. The third kappa shape index (κ3) is 4.10.